The minimum Gasteiger partial charge on any atom is -0.395 e. The first-order chi connectivity index (χ1) is 7.76. The van der Waals surface area contributed by atoms with Crippen molar-refractivity contribution in [3.8, 4) is 0 Å². The Hall–Kier alpha value is -0.160. The molecule has 1 heterocycles. The summed E-state index contributed by atoms with van der Waals surface area (Å²) in [6.45, 7) is 6.07. The molecule has 0 fully saturated rings. The lowest BCUT2D eigenvalue weighted by Gasteiger charge is -2.27. The van der Waals surface area contributed by atoms with Crippen LogP contribution in [0.15, 0.2) is 5.38 Å². The molecule has 92 valence electrons. The van der Waals surface area contributed by atoms with Gasteiger partial charge in [0.15, 0.2) is 0 Å². The Kier molecular flexibility index (Phi) is 6.28. The third-order valence-electron chi connectivity index (χ3n) is 2.61. The van der Waals surface area contributed by atoms with E-state index in [-0.39, 0.29) is 6.61 Å². The number of halogens is 1. The summed E-state index contributed by atoms with van der Waals surface area (Å²) in [6.07, 6.45) is 1.00. The van der Waals surface area contributed by atoms with Gasteiger partial charge < -0.3 is 5.11 Å². The molecule has 0 aromatic carbocycles. The summed E-state index contributed by atoms with van der Waals surface area (Å²) in [4.78, 5) is 6.76. The number of nitrogens with zero attached hydrogens (tertiary/aromatic N) is 2. The van der Waals surface area contributed by atoms with Crippen LogP contribution in [-0.4, -0.2) is 34.7 Å². The molecule has 5 heteroatoms. The van der Waals surface area contributed by atoms with Gasteiger partial charge in [0.05, 0.1) is 24.2 Å². The number of aliphatic hydroxyl groups excluding tert-OH is 1. The summed E-state index contributed by atoms with van der Waals surface area (Å²) in [6, 6.07) is 0.305. The smallest absolute Gasteiger partial charge is 0.110 e. The predicted molar refractivity (Wildman–Crippen MR) is 69.0 cm³/mol. The van der Waals surface area contributed by atoms with Crippen molar-refractivity contribution in [3.63, 3.8) is 0 Å². The maximum atomic E-state index is 9.03. The third kappa shape index (κ3) is 3.42. The highest BCUT2D eigenvalue weighted by atomic mass is 35.5. The Morgan fingerprint density at radius 3 is 2.75 bits per heavy atom. The number of aromatic nitrogens is 1. The van der Waals surface area contributed by atoms with Crippen molar-refractivity contribution >= 4 is 22.9 Å². The fourth-order valence-electron chi connectivity index (χ4n) is 1.79. The highest BCUT2D eigenvalue weighted by Crippen LogP contribution is 2.27. The molecule has 16 heavy (non-hydrogen) atoms. The number of alkyl halides is 1. The van der Waals surface area contributed by atoms with Crippen molar-refractivity contribution in [1.82, 2.24) is 9.88 Å². The van der Waals surface area contributed by atoms with E-state index >= 15 is 0 Å². The molecule has 0 saturated carbocycles. The van der Waals surface area contributed by atoms with E-state index in [2.05, 4.69) is 23.7 Å². The van der Waals surface area contributed by atoms with E-state index in [9.17, 15) is 0 Å². The average Bonchev–Trinajstić information content (AvgIpc) is 2.77. The number of thiazole rings is 1. The van der Waals surface area contributed by atoms with Gasteiger partial charge >= 0.3 is 0 Å². The van der Waals surface area contributed by atoms with Gasteiger partial charge in [-0.2, -0.15) is 0 Å². The second-order valence-corrected chi connectivity index (χ2v) is 4.74. The van der Waals surface area contributed by atoms with Gasteiger partial charge in [-0.15, -0.1) is 22.9 Å². The molecule has 1 aromatic rings. The number of rotatable bonds is 7. The average molecular weight is 263 g/mol. The Morgan fingerprint density at radius 1 is 1.56 bits per heavy atom. The fraction of sp³-hybridized carbons (Fsp3) is 0.727. The van der Waals surface area contributed by atoms with Crippen LogP contribution in [0.3, 0.4) is 0 Å². The molecule has 1 unspecified atom stereocenters. The minimum absolute atomic E-state index is 0.193. The van der Waals surface area contributed by atoms with E-state index in [0.29, 0.717) is 18.5 Å². The second kappa shape index (κ2) is 7.22. The molecule has 0 amide bonds. The van der Waals surface area contributed by atoms with Crippen LogP contribution >= 0.6 is 22.9 Å². The third-order valence-corrected chi connectivity index (χ3v) is 3.88. The van der Waals surface area contributed by atoms with E-state index in [1.807, 2.05) is 5.38 Å². The van der Waals surface area contributed by atoms with Crippen LogP contribution in [-0.2, 0) is 5.88 Å². The van der Waals surface area contributed by atoms with Gasteiger partial charge in [-0.3, -0.25) is 4.90 Å². The summed E-state index contributed by atoms with van der Waals surface area (Å²) < 4.78 is 0. The van der Waals surface area contributed by atoms with Gasteiger partial charge in [0.2, 0.25) is 0 Å². The van der Waals surface area contributed by atoms with E-state index < -0.39 is 0 Å². The highest BCUT2D eigenvalue weighted by Gasteiger charge is 2.19. The molecule has 1 N–H and O–H groups in total. The molecule has 0 spiro atoms. The molecule has 0 aliphatic heterocycles. The van der Waals surface area contributed by atoms with Crippen LogP contribution in [0.5, 0.6) is 0 Å². The first-order valence-electron chi connectivity index (χ1n) is 5.61. The van der Waals surface area contributed by atoms with Gasteiger partial charge in [0.25, 0.3) is 0 Å². The van der Waals surface area contributed by atoms with E-state index in [0.717, 1.165) is 23.7 Å². The number of aliphatic hydroxyl groups is 1. The Morgan fingerprint density at radius 2 is 2.31 bits per heavy atom. The van der Waals surface area contributed by atoms with Crippen LogP contribution in [0.2, 0.25) is 0 Å². The Bertz CT molecular complexity index is 306. The fourth-order valence-corrected chi connectivity index (χ4v) is 3.05. The van der Waals surface area contributed by atoms with Crippen molar-refractivity contribution in [2.24, 2.45) is 0 Å². The highest BCUT2D eigenvalue weighted by molar-refractivity contribution is 7.09. The van der Waals surface area contributed by atoms with Crippen LogP contribution in [0.4, 0.5) is 0 Å². The number of hydrogen-bond donors (Lipinski definition) is 1. The van der Waals surface area contributed by atoms with Gasteiger partial charge in [-0.05, 0) is 13.0 Å². The lowest BCUT2D eigenvalue weighted by molar-refractivity contribution is 0.153. The number of hydrogen-bond acceptors (Lipinski definition) is 4. The number of likely N-dealkylation sites (N-methyl/N-ethyl adjacent to an activating group) is 1. The second-order valence-electron chi connectivity index (χ2n) is 3.59. The standard InChI is InChI=1S/C11H19ClN2OS/c1-3-10(14(4-2)5-6-15)11-13-9(7-12)8-16-11/h8,10,15H,3-7H2,1-2H3. The maximum Gasteiger partial charge on any atom is 0.110 e. The van der Waals surface area contributed by atoms with E-state index in [1.54, 1.807) is 11.3 Å². The summed E-state index contributed by atoms with van der Waals surface area (Å²) in [5.74, 6) is 0.471. The normalized spacial score (nSPS) is 13.3. The largest absolute Gasteiger partial charge is 0.395 e. The molecule has 1 atom stereocenters. The molecule has 1 rings (SSSR count). The summed E-state index contributed by atoms with van der Waals surface area (Å²) >= 11 is 7.41. The Balaban J connectivity index is 2.78. The zero-order chi connectivity index (χ0) is 12.0. The van der Waals surface area contributed by atoms with Crippen molar-refractivity contribution in [2.45, 2.75) is 32.2 Å². The molecule has 0 aliphatic carbocycles. The molecule has 0 saturated heterocycles. The van der Waals surface area contributed by atoms with Crippen molar-refractivity contribution in [1.29, 1.82) is 0 Å². The van der Waals surface area contributed by atoms with Crippen LogP contribution in [0, 0.1) is 0 Å². The van der Waals surface area contributed by atoms with Crippen LogP contribution in [0.25, 0.3) is 0 Å². The molecular formula is C11H19ClN2OS. The Labute approximate surface area is 106 Å². The van der Waals surface area contributed by atoms with Gasteiger partial charge in [0.1, 0.15) is 5.01 Å². The van der Waals surface area contributed by atoms with Crippen molar-refractivity contribution < 1.29 is 5.11 Å². The summed E-state index contributed by atoms with van der Waals surface area (Å²) in [5.41, 5.74) is 0.945. The SMILES string of the molecule is CCC(c1nc(CCl)cs1)N(CC)CCO. The lowest BCUT2D eigenvalue weighted by atomic mass is 10.2. The molecule has 0 bridgehead atoms. The van der Waals surface area contributed by atoms with Gasteiger partial charge in [-0.1, -0.05) is 13.8 Å². The quantitative estimate of drug-likeness (QED) is 0.768. The molecular weight excluding hydrogens is 244 g/mol. The summed E-state index contributed by atoms with van der Waals surface area (Å²) in [7, 11) is 0. The minimum atomic E-state index is 0.193. The molecule has 1 aromatic heterocycles. The monoisotopic (exact) mass is 262 g/mol. The predicted octanol–water partition coefficient (Wildman–Crippen LogP) is 2.65. The van der Waals surface area contributed by atoms with Gasteiger partial charge in [0, 0.05) is 11.9 Å². The van der Waals surface area contributed by atoms with Gasteiger partial charge in [-0.25, -0.2) is 4.98 Å². The molecule has 0 aliphatic rings. The first kappa shape index (κ1) is 13.9. The van der Waals surface area contributed by atoms with Crippen LogP contribution in [0.1, 0.15) is 37.0 Å². The van der Waals surface area contributed by atoms with E-state index in [1.165, 1.54) is 0 Å². The van der Waals surface area contributed by atoms with E-state index in [4.69, 9.17) is 16.7 Å². The zero-order valence-electron chi connectivity index (χ0n) is 9.82. The zero-order valence-corrected chi connectivity index (χ0v) is 11.4. The van der Waals surface area contributed by atoms with Crippen molar-refractivity contribution in [3.05, 3.63) is 16.1 Å². The molecule has 3 nitrogen and oxygen atoms in total. The topological polar surface area (TPSA) is 36.4 Å². The summed E-state index contributed by atoms with van der Waals surface area (Å²) in [5, 5.41) is 12.1. The maximum absolute atomic E-state index is 9.03. The first-order valence-corrected chi connectivity index (χ1v) is 7.03. The molecule has 0 radical (unpaired) electrons. The lowest BCUT2D eigenvalue weighted by Crippen LogP contribution is -2.31. The van der Waals surface area contributed by atoms with Crippen LogP contribution < -0.4 is 0 Å². The van der Waals surface area contributed by atoms with Crippen molar-refractivity contribution in [2.75, 3.05) is 19.7 Å².